The van der Waals surface area contributed by atoms with Crippen molar-refractivity contribution in [3.63, 3.8) is 0 Å². The molecule has 0 bridgehead atoms. The number of fused-ring (bicyclic) bond motifs is 1. The Morgan fingerprint density at radius 1 is 1.05 bits per heavy atom. The van der Waals surface area contributed by atoms with E-state index in [0.717, 1.165) is 33.3 Å². The van der Waals surface area contributed by atoms with E-state index in [1.54, 1.807) is 0 Å². The minimum atomic E-state index is 0.388. The van der Waals surface area contributed by atoms with E-state index >= 15 is 0 Å². The summed E-state index contributed by atoms with van der Waals surface area (Å²) in [5, 5.41) is 2.22. The molecule has 0 fully saturated rings. The van der Waals surface area contributed by atoms with E-state index in [4.69, 9.17) is 16.3 Å². The predicted molar refractivity (Wildman–Crippen MR) is 87.3 cm³/mol. The van der Waals surface area contributed by atoms with Gasteiger partial charge in [-0.3, -0.25) is 0 Å². The molecule has 0 spiro atoms. The van der Waals surface area contributed by atoms with Crippen LogP contribution in [0.15, 0.2) is 48.5 Å². The lowest BCUT2D eigenvalue weighted by Crippen LogP contribution is -1.98. The van der Waals surface area contributed by atoms with Gasteiger partial charge in [-0.2, -0.15) is 0 Å². The summed E-state index contributed by atoms with van der Waals surface area (Å²) in [5.41, 5.74) is 2.97. The summed E-state index contributed by atoms with van der Waals surface area (Å²) in [5.74, 6) is 1.79. The van der Waals surface area contributed by atoms with Crippen molar-refractivity contribution in [3.8, 4) is 11.6 Å². The average Bonchev–Trinajstić information content (AvgIpc) is 2.47. The van der Waals surface area contributed by atoms with Gasteiger partial charge in [-0.1, -0.05) is 36.4 Å². The van der Waals surface area contributed by atoms with Crippen molar-refractivity contribution in [2.45, 2.75) is 19.7 Å². The van der Waals surface area contributed by atoms with Crippen molar-refractivity contribution in [1.29, 1.82) is 0 Å². The Bertz CT molecular complexity index is 793. The van der Waals surface area contributed by atoms with Crippen molar-refractivity contribution in [2.75, 3.05) is 0 Å². The molecule has 2 aromatic carbocycles. The first kappa shape index (κ1) is 13.9. The highest BCUT2D eigenvalue weighted by Crippen LogP contribution is 2.32. The standard InChI is InChI=1S/C18H16ClNO/c1-12-10-13(2)20-18(16(12)11-19)21-17-9-5-7-14-6-3-4-8-15(14)17/h3-10H,11H2,1-2H3. The van der Waals surface area contributed by atoms with Crippen LogP contribution in [-0.4, -0.2) is 4.98 Å². The summed E-state index contributed by atoms with van der Waals surface area (Å²) in [4.78, 5) is 4.50. The summed E-state index contributed by atoms with van der Waals surface area (Å²) in [6.45, 7) is 3.99. The fraction of sp³-hybridized carbons (Fsp3) is 0.167. The van der Waals surface area contributed by atoms with Crippen LogP contribution in [0.2, 0.25) is 0 Å². The normalized spacial score (nSPS) is 10.8. The molecule has 1 aromatic heterocycles. The zero-order valence-corrected chi connectivity index (χ0v) is 12.8. The van der Waals surface area contributed by atoms with Crippen LogP contribution in [0.3, 0.4) is 0 Å². The molecule has 0 atom stereocenters. The van der Waals surface area contributed by atoms with Gasteiger partial charge in [-0.05, 0) is 36.9 Å². The lowest BCUT2D eigenvalue weighted by molar-refractivity contribution is 0.461. The van der Waals surface area contributed by atoms with Gasteiger partial charge in [-0.25, -0.2) is 4.98 Å². The fourth-order valence-electron chi connectivity index (χ4n) is 2.46. The summed E-state index contributed by atoms with van der Waals surface area (Å²) < 4.78 is 6.08. The van der Waals surface area contributed by atoms with Crippen LogP contribution in [0.4, 0.5) is 0 Å². The molecule has 2 nitrogen and oxygen atoms in total. The second kappa shape index (κ2) is 5.74. The first-order valence-corrected chi connectivity index (χ1v) is 7.41. The molecule has 0 aliphatic heterocycles. The number of nitrogens with zero attached hydrogens (tertiary/aromatic N) is 1. The van der Waals surface area contributed by atoms with E-state index < -0.39 is 0 Å². The number of rotatable bonds is 3. The molecule has 21 heavy (non-hydrogen) atoms. The summed E-state index contributed by atoms with van der Waals surface area (Å²) in [6, 6.07) is 16.2. The molecule has 0 radical (unpaired) electrons. The van der Waals surface area contributed by atoms with E-state index in [1.165, 1.54) is 0 Å². The number of pyridine rings is 1. The van der Waals surface area contributed by atoms with Gasteiger partial charge in [-0.15, -0.1) is 11.6 Å². The number of aromatic nitrogens is 1. The van der Waals surface area contributed by atoms with Crippen LogP contribution in [-0.2, 0) is 5.88 Å². The van der Waals surface area contributed by atoms with Crippen LogP contribution in [0, 0.1) is 13.8 Å². The van der Waals surface area contributed by atoms with Gasteiger partial charge in [0.15, 0.2) is 0 Å². The van der Waals surface area contributed by atoms with Gasteiger partial charge in [0.05, 0.1) is 5.88 Å². The van der Waals surface area contributed by atoms with Gasteiger partial charge in [0.25, 0.3) is 0 Å². The highest BCUT2D eigenvalue weighted by molar-refractivity contribution is 6.17. The second-order valence-corrected chi connectivity index (χ2v) is 5.34. The number of alkyl halides is 1. The maximum Gasteiger partial charge on any atom is 0.224 e. The third-order valence-corrected chi connectivity index (χ3v) is 3.79. The Balaban J connectivity index is 2.11. The number of ether oxygens (including phenoxy) is 1. The summed E-state index contributed by atoms with van der Waals surface area (Å²) in [7, 11) is 0. The van der Waals surface area contributed by atoms with Gasteiger partial charge in [0.2, 0.25) is 5.88 Å². The number of hydrogen-bond acceptors (Lipinski definition) is 2. The zero-order chi connectivity index (χ0) is 14.8. The van der Waals surface area contributed by atoms with E-state index in [2.05, 4.69) is 17.1 Å². The molecule has 0 aliphatic rings. The van der Waals surface area contributed by atoms with Crippen molar-refractivity contribution < 1.29 is 4.74 Å². The van der Waals surface area contributed by atoms with Crippen molar-refractivity contribution in [1.82, 2.24) is 4.98 Å². The molecular formula is C18H16ClNO. The smallest absolute Gasteiger partial charge is 0.224 e. The molecule has 0 saturated heterocycles. The molecule has 0 aliphatic carbocycles. The van der Waals surface area contributed by atoms with E-state index in [1.807, 2.05) is 50.2 Å². The molecule has 0 unspecified atom stereocenters. The monoisotopic (exact) mass is 297 g/mol. The molecule has 106 valence electrons. The molecule has 3 aromatic rings. The van der Waals surface area contributed by atoms with E-state index in [9.17, 15) is 0 Å². The maximum absolute atomic E-state index is 6.08. The lowest BCUT2D eigenvalue weighted by Gasteiger charge is -2.13. The Kier molecular flexibility index (Phi) is 3.80. The second-order valence-electron chi connectivity index (χ2n) is 5.08. The highest BCUT2D eigenvalue weighted by Gasteiger charge is 2.11. The first-order valence-electron chi connectivity index (χ1n) is 6.87. The van der Waals surface area contributed by atoms with Crippen LogP contribution in [0.5, 0.6) is 11.6 Å². The topological polar surface area (TPSA) is 22.1 Å². The van der Waals surface area contributed by atoms with Crippen molar-refractivity contribution in [3.05, 3.63) is 65.4 Å². The minimum Gasteiger partial charge on any atom is -0.438 e. The number of aryl methyl sites for hydroxylation is 2. The quantitative estimate of drug-likeness (QED) is 0.605. The third-order valence-electron chi connectivity index (χ3n) is 3.53. The third kappa shape index (κ3) is 2.72. The lowest BCUT2D eigenvalue weighted by atomic mass is 10.1. The largest absolute Gasteiger partial charge is 0.438 e. The first-order chi connectivity index (χ1) is 10.2. The van der Waals surface area contributed by atoms with Crippen molar-refractivity contribution in [2.24, 2.45) is 0 Å². The predicted octanol–water partition coefficient (Wildman–Crippen LogP) is 5.38. The Labute approximate surface area is 129 Å². The SMILES string of the molecule is Cc1cc(C)c(CCl)c(Oc2cccc3ccccc23)n1. The number of hydrogen-bond donors (Lipinski definition) is 0. The maximum atomic E-state index is 6.08. The van der Waals surface area contributed by atoms with Crippen LogP contribution >= 0.6 is 11.6 Å². The van der Waals surface area contributed by atoms with Gasteiger partial charge >= 0.3 is 0 Å². The van der Waals surface area contributed by atoms with Crippen molar-refractivity contribution >= 4 is 22.4 Å². The fourth-order valence-corrected chi connectivity index (χ4v) is 2.79. The number of halogens is 1. The Morgan fingerprint density at radius 2 is 1.81 bits per heavy atom. The van der Waals surface area contributed by atoms with Gasteiger partial charge < -0.3 is 4.74 Å². The zero-order valence-electron chi connectivity index (χ0n) is 12.1. The molecule has 0 N–H and O–H groups in total. The minimum absolute atomic E-state index is 0.388. The Morgan fingerprint density at radius 3 is 2.62 bits per heavy atom. The molecule has 0 saturated carbocycles. The van der Waals surface area contributed by atoms with E-state index in [0.29, 0.717) is 11.8 Å². The van der Waals surface area contributed by atoms with Crippen LogP contribution in [0.1, 0.15) is 16.8 Å². The molecule has 3 rings (SSSR count). The average molecular weight is 298 g/mol. The van der Waals surface area contributed by atoms with Crippen LogP contribution in [0.25, 0.3) is 10.8 Å². The molecular weight excluding hydrogens is 282 g/mol. The molecule has 3 heteroatoms. The summed E-state index contributed by atoms with van der Waals surface area (Å²) in [6.07, 6.45) is 0. The van der Waals surface area contributed by atoms with Crippen LogP contribution < -0.4 is 4.74 Å². The van der Waals surface area contributed by atoms with Gasteiger partial charge in [0.1, 0.15) is 5.75 Å². The van der Waals surface area contributed by atoms with E-state index in [-0.39, 0.29) is 0 Å². The molecule has 0 amide bonds. The number of benzene rings is 2. The van der Waals surface area contributed by atoms with Gasteiger partial charge in [0, 0.05) is 16.6 Å². The highest BCUT2D eigenvalue weighted by atomic mass is 35.5. The molecule has 1 heterocycles. The summed E-state index contributed by atoms with van der Waals surface area (Å²) >= 11 is 6.05. The Hall–Kier alpha value is -2.06.